The predicted octanol–water partition coefficient (Wildman–Crippen LogP) is 4.44. The van der Waals surface area contributed by atoms with Gasteiger partial charge in [0.2, 0.25) is 0 Å². The second-order valence-corrected chi connectivity index (χ2v) is 5.09. The van der Waals surface area contributed by atoms with E-state index in [2.05, 4.69) is 25.2 Å². The largest absolute Gasteiger partial charge is 0.314 e. The number of allylic oxidation sites excluding steroid dienone is 1. The zero-order chi connectivity index (χ0) is 11.6. The van der Waals surface area contributed by atoms with Crippen molar-refractivity contribution in [3.63, 3.8) is 0 Å². The number of rotatable bonds is 8. The minimum Gasteiger partial charge on any atom is -0.314 e. The van der Waals surface area contributed by atoms with Crippen LogP contribution in [0.25, 0.3) is 0 Å². The van der Waals surface area contributed by atoms with E-state index >= 15 is 0 Å². The third kappa shape index (κ3) is 5.69. The monoisotopic (exact) mass is 223 g/mol. The average molecular weight is 223 g/mol. The van der Waals surface area contributed by atoms with Crippen LogP contribution in [0.5, 0.6) is 0 Å². The summed E-state index contributed by atoms with van der Waals surface area (Å²) in [4.78, 5) is 0. The Morgan fingerprint density at radius 2 is 1.94 bits per heavy atom. The van der Waals surface area contributed by atoms with E-state index in [4.69, 9.17) is 0 Å². The zero-order valence-corrected chi connectivity index (χ0v) is 11.2. The van der Waals surface area contributed by atoms with Crippen LogP contribution >= 0.6 is 0 Å². The highest BCUT2D eigenvalue weighted by Crippen LogP contribution is 2.19. The van der Waals surface area contributed by atoms with E-state index in [1.807, 2.05) is 0 Å². The molecule has 0 bridgehead atoms. The molecule has 94 valence electrons. The first-order chi connectivity index (χ1) is 7.86. The minimum atomic E-state index is 0.763. The van der Waals surface area contributed by atoms with Crippen molar-refractivity contribution in [3.8, 4) is 0 Å². The first-order valence-electron chi connectivity index (χ1n) is 7.28. The molecule has 1 aliphatic rings. The summed E-state index contributed by atoms with van der Waals surface area (Å²) in [6.07, 6.45) is 14.5. The predicted molar refractivity (Wildman–Crippen MR) is 72.8 cm³/mol. The lowest BCUT2D eigenvalue weighted by Gasteiger charge is -2.19. The number of nitrogens with one attached hydrogen (secondary N) is 1. The Labute approximate surface area is 102 Å². The standard InChI is InChI=1S/C15H29N/c1-3-8-15(9-4-2)16-13-12-14-10-6-5-7-11-14/h10,15-16H,3-9,11-13H2,1-2H3. The maximum absolute atomic E-state index is 3.73. The molecule has 0 fully saturated rings. The summed E-state index contributed by atoms with van der Waals surface area (Å²) in [7, 11) is 0. The fraction of sp³-hybridized carbons (Fsp3) is 0.867. The molecule has 0 aromatic heterocycles. The first kappa shape index (κ1) is 13.8. The van der Waals surface area contributed by atoms with Gasteiger partial charge in [-0.15, -0.1) is 0 Å². The highest BCUT2D eigenvalue weighted by molar-refractivity contribution is 5.05. The highest BCUT2D eigenvalue weighted by Gasteiger charge is 2.07. The van der Waals surface area contributed by atoms with E-state index in [-0.39, 0.29) is 0 Å². The Morgan fingerprint density at radius 1 is 1.19 bits per heavy atom. The van der Waals surface area contributed by atoms with Gasteiger partial charge < -0.3 is 5.32 Å². The fourth-order valence-electron chi connectivity index (χ4n) is 2.61. The van der Waals surface area contributed by atoms with Crippen molar-refractivity contribution in [2.45, 2.75) is 77.7 Å². The molecule has 0 amide bonds. The molecular formula is C15H29N. The van der Waals surface area contributed by atoms with Gasteiger partial charge >= 0.3 is 0 Å². The van der Waals surface area contributed by atoms with Crippen molar-refractivity contribution in [2.75, 3.05) is 6.54 Å². The van der Waals surface area contributed by atoms with Crippen molar-refractivity contribution >= 4 is 0 Å². The van der Waals surface area contributed by atoms with Gasteiger partial charge in [-0.1, -0.05) is 38.3 Å². The summed E-state index contributed by atoms with van der Waals surface area (Å²) in [5.41, 5.74) is 1.70. The van der Waals surface area contributed by atoms with Crippen LogP contribution in [0.4, 0.5) is 0 Å². The van der Waals surface area contributed by atoms with Crippen LogP contribution in [0.15, 0.2) is 11.6 Å². The van der Waals surface area contributed by atoms with Gasteiger partial charge in [-0.25, -0.2) is 0 Å². The first-order valence-corrected chi connectivity index (χ1v) is 7.28. The van der Waals surface area contributed by atoms with Crippen molar-refractivity contribution < 1.29 is 0 Å². The van der Waals surface area contributed by atoms with Crippen LogP contribution in [0.1, 0.15) is 71.6 Å². The van der Waals surface area contributed by atoms with Gasteiger partial charge in [0.15, 0.2) is 0 Å². The Kier molecular flexibility index (Phi) is 7.58. The molecule has 1 rings (SSSR count). The molecule has 0 atom stereocenters. The summed E-state index contributed by atoms with van der Waals surface area (Å²) in [6, 6.07) is 0.763. The molecule has 16 heavy (non-hydrogen) atoms. The highest BCUT2D eigenvalue weighted by atomic mass is 14.9. The lowest BCUT2D eigenvalue weighted by Crippen LogP contribution is -2.30. The van der Waals surface area contributed by atoms with E-state index in [1.54, 1.807) is 5.57 Å². The average Bonchev–Trinajstić information content (AvgIpc) is 2.31. The Balaban J connectivity index is 2.13. The number of hydrogen-bond donors (Lipinski definition) is 1. The lowest BCUT2D eigenvalue weighted by molar-refractivity contribution is 0.444. The normalized spacial score (nSPS) is 16.6. The molecule has 1 aliphatic carbocycles. The molecule has 0 spiro atoms. The summed E-state index contributed by atoms with van der Waals surface area (Å²) in [6.45, 7) is 5.76. The van der Waals surface area contributed by atoms with Crippen LogP contribution < -0.4 is 5.32 Å². The maximum Gasteiger partial charge on any atom is 0.00669 e. The summed E-state index contributed by atoms with van der Waals surface area (Å²) in [5.74, 6) is 0. The van der Waals surface area contributed by atoms with Crippen molar-refractivity contribution in [2.24, 2.45) is 0 Å². The Bertz CT molecular complexity index is 190. The molecule has 0 heterocycles. The van der Waals surface area contributed by atoms with E-state index < -0.39 is 0 Å². The molecule has 0 aromatic carbocycles. The molecule has 1 nitrogen and oxygen atoms in total. The van der Waals surface area contributed by atoms with Gasteiger partial charge in [-0.05, 0) is 51.5 Å². The van der Waals surface area contributed by atoms with Gasteiger partial charge in [-0.3, -0.25) is 0 Å². The van der Waals surface area contributed by atoms with E-state index in [1.165, 1.54) is 64.3 Å². The molecule has 0 saturated heterocycles. The summed E-state index contributed by atoms with van der Waals surface area (Å²) >= 11 is 0. The minimum absolute atomic E-state index is 0.763. The molecule has 0 aliphatic heterocycles. The molecule has 0 radical (unpaired) electrons. The summed E-state index contributed by atoms with van der Waals surface area (Å²) in [5, 5.41) is 3.73. The van der Waals surface area contributed by atoms with E-state index in [9.17, 15) is 0 Å². The second-order valence-electron chi connectivity index (χ2n) is 5.09. The topological polar surface area (TPSA) is 12.0 Å². The fourth-order valence-corrected chi connectivity index (χ4v) is 2.61. The van der Waals surface area contributed by atoms with Crippen molar-refractivity contribution in [1.29, 1.82) is 0 Å². The molecule has 1 heteroatoms. The third-order valence-corrected chi connectivity index (χ3v) is 3.54. The molecule has 1 N–H and O–H groups in total. The molecule has 0 saturated carbocycles. The van der Waals surface area contributed by atoms with Gasteiger partial charge in [0.1, 0.15) is 0 Å². The van der Waals surface area contributed by atoms with E-state index in [0.717, 1.165) is 6.04 Å². The SMILES string of the molecule is CCCC(CCC)NCCC1=CCCCC1. The number of hydrogen-bond acceptors (Lipinski definition) is 1. The molecule has 0 aromatic rings. The lowest BCUT2D eigenvalue weighted by atomic mass is 9.97. The van der Waals surface area contributed by atoms with Gasteiger partial charge in [0, 0.05) is 6.04 Å². The van der Waals surface area contributed by atoms with Gasteiger partial charge in [-0.2, -0.15) is 0 Å². The molecular weight excluding hydrogens is 194 g/mol. The van der Waals surface area contributed by atoms with Crippen LogP contribution in [-0.4, -0.2) is 12.6 Å². The zero-order valence-electron chi connectivity index (χ0n) is 11.2. The van der Waals surface area contributed by atoms with Crippen LogP contribution in [0.2, 0.25) is 0 Å². The van der Waals surface area contributed by atoms with Crippen LogP contribution in [0, 0.1) is 0 Å². The van der Waals surface area contributed by atoms with Crippen molar-refractivity contribution in [3.05, 3.63) is 11.6 Å². The van der Waals surface area contributed by atoms with Gasteiger partial charge in [0.25, 0.3) is 0 Å². The van der Waals surface area contributed by atoms with Gasteiger partial charge in [0.05, 0.1) is 0 Å². The van der Waals surface area contributed by atoms with E-state index in [0.29, 0.717) is 0 Å². The Hall–Kier alpha value is -0.300. The van der Waals surface area contributed by atoms with Crippen LogP contribution in [-0.2, 0) is 0 Å². The molecule has 0 unspecified atom stereocenters. The second kappa shape index (κ2) is 8.81. The maximum atomic E-state index is 3.73. The van der Waals surface area contributed by atoms with Crippen LogP contribution in [0.3, 0.4) is 0 Å². The quantitative estimate of drug-likeness (QED) is 0.600. The third-order valence-electron chi connectivity index (χ3n) is 3.54. The smallest absolute Gasteiger partial charge is 0.00669 e. The Morgan fingerprint density at radius 3 is 2.50 bits per heavy atom. The van der Waals surface area contributed by atoms with Crippen molar-refractivity contribution in [1.82, 2.24) is 5.32 Å². The summed E-state index contributed by atoms with van der Waals surface area (Å²) < 4.78 is 0.